The van der Waals surface area contributed by atoms with Gasteiger partial charge in [-0.05, 0) is 48.9 Å². The molecule has 0 amide bonds. The molecule has 5 rings (SSSR count). The molecule has 0 radical (unpaired) electrons. The summed E-state index contributed by atoms with van der Waals surface area (Å²) in [5.74, 6) is -0.376. The highest BCUT2D eigenvalue weighted by Crippen LogP contribution is 2.32. The Morgan fingerprint density at radius 1 is 1.12 bits per heavy atom. The van der Waals surface area contributed by atoms with Crippen molar-refractivity contribution in [3.8, 4) is 5.69 Å². The topological polar surface area (TPSA) is 102 Å². The number of nitrogens with one attached hydrogen (secondary N) is 1. The predicted octanol–water partition coefficient (Wildman–Crippen LogP) is 3.94. The van der Waals surface area contributed by atoms with Crippen molar-refractivity contribution < 1.29 is 4.39 Å². The van der Waals surface area contributed by atoms with Gasteiger partial charge in [0.1, 0.15) is 11.6 Å². The fraction of sp³-hybridized carbons (Fsp3) is 0.182. The number of anilines is 3. The average Bonchev–Trinajstić information content (AvgIpc) is 2.75. The Morgan fingerprint density at radius 2 is 1.88 bits per heavy atom. The summed E-state index contributed by atoms with van der Waals surface area (Å²) in [6.07, 6.45) is 2.47. The van der Waals surface area contributed by atoms with Gasteiger partial charge >= 0.3 is 5.69 Å². The molecule has 4 aromatic rings. The Bertz CT molecular complexity index is 1450. The number of hydrogen-bond donors (Lipinski definition) is 2. The smallest absolute Gasteiger partial charge is 0.355 e. The van der Waals surface area contributed by atoms with Crippen LogP contribution in [0.5, 0.6) is 0 Å². The number of rotatable bonds is 3. The second kappa shape index (κ2) is 8.26. The number of fused-ring (bicyclic) bond motifs is 2. The summed E-state index contributed by atoms with van der Waals surface area (Å²) < 4.78 is 14.6. The number of benzene rings is 2. The molecule has 8 nitrogen and oxygen atoms in total. The minimum atomic E-state index is -0.753. The fourth-order valence-corrected chi connectivity index (χ4v) is 4.56. The van der Waals surface area contributed by atoms with Crippen molar-refractivity contribution in [2.24, 2.45) is 0 Å². The second-order valence-electron chi connectivity index (χ2n) is 7.86. The summed E-state index contributed by atoms with van der Waals surface area (Å²) in [7, 11) is 2.09. The van der Waals surface area contributed by atoms with Crippen LogP contribution in [0, 0.1) is 5.82 Å². The van der Waals surface area contributed by atoms with Gasteiger partial charge in [-0.25, -0.2) is 18.7 Å². The van der Waals surface area contributed by atoms with Crippen LogP contribution in [0.2, 0.25) is 10.0 Å². The lowest BCUT2D eigenvalue weighted by atomic mass is 9.99. The minimum absolute atomic E-state index is 0.0104. The monoisotopic (exact) mass is 485 g/mol. The van der Waals surface area contributed by atoms with Crippen molar-refractivity contribution in [1.29, 1.82) is 0 Å². The molecule has 0 saturated heterocycles. The van der Waals surface area contributed by atoms with E-state index in [4.69, 9.17) is 28.9 Å². The molecule has 0 saturated carbocycles. The van der Waals surface area contributed by atoms with Gasteiger partial charge in [-0.15, -0.1) is 0 Å². The first kappa shape index (κ1) is 21.6. The molecule has 3 heterocycles. The molecule has 33 heavy (non-hydrogen) atoms. The summed E-state index contributed by atoms with van der Waals surface area (Å²) >= 11 is 12.3. The quantitative estimate of drug-likeness (QED) is 0.453. The summed E-state index contributed by atoms with van der Waals surface area (Å²) in [5, 5.41) is 3.33. The zero-order valence-corrected chi connectivity index (χ0v) is 19.0. The molecule has 168 valence electrons. The van der Waals surface area contributed by atoms with Crippen LogP contribution in [-0.2, 0) is 13.0 Å². The van der Waals surface area contributed by atoms with Crippen molar-refractivity contribution in [3.05, 3.63) is 74.0 Å². The third kappa shape index (κ3) is 3.99. The number of likely N-dealkylation sites (N-methyl/N-ethyl adjacent to an activating group) is 1. The van der Waals surface area contributed by atoms with Crippen molar-refractivity contribution in [2.45, 2.75) is 13.0 Å². The van der Waals surface area contributed by atoms with Crippen LogP contribution in [-0.4, -0.2) is 38.0 Å². The molecule has 2 aromatic heterocycles. The molecule has 3 N–H and O–H groups in total. The average molecular weight is 486 g/mol. The van der Waals surface area contributed by atoms with Crippen LogP contribution >= 0.6 is 23.2 Å². The van der Waals surface area contributed by atoms with Crippen LogP contribution in [0.1, 0.15) is 11.1 Å². The minimum Gasteiger partial charge on any atom is -0.384 e. The van der Waals surface area contributed by atoms with E-state index in [2.05, 4.69) is 44.3 Å². The number of nitrogens with two attached hydrogens (primary N) is 1. The van der Waals surface area contributed by atoms with Gasteiger partial charge < -0.3 is 16.0 Å². The standard InChI is InChI=1S/C22H18Cl2FN7O/c1-31-5-4-11-2-3-14(6-12(11)10-31)28-21-27-9-15-19(26)32(22(33)30-20(15)29-21)18-16(23)7-13(25)8-17(18)24/h2-3,6-9H,4-5,10,26H2,1H3,(H,28,29,30,33). The molecular formula is C22H18Cl2FN7O. The van der Waals surface area contributed by atoms with E-state index in [0.29, 0.717) is 5.39 Å². The van der Waals surface area contributed by atoms with E-state index in [9.17, 15) is 9.18 Å². The van der Waals surface area contributed by atoms with Gasteiger partial charge in [0.05, 0.1) is 21.1 Å². The molecule has 0 aliphatic carbocycles. The first-order valence-electron chi connectivity index (χ1n) is 10.1. The first-order chi connectivity index (χ1) is 15.8. The van der Waals surface area contributed by atoms with E-state index in [1.54, 1.807) is 0 Å². The highest BCUT2D eigenvalue weighted by atomic mass is 35.5. The molecule has 1 aliphatic heterocycles. The van der Waals surface area contributed by atoms with E-state index in [1.807, 2.05) is 6.07 Å². The van der Waals surface area contributed by atoms with E-state index in [0.717, 1.165) is 41.9 Å². The Balaban J connectivity index is 1.53. The van der Waals surface area contributed by atoms with Crippen LogP contribution in [0.25, 0.3) is 16.7 Å². The lowest BCUT2D eigenvalue weighted by Gasteiger charge is -2.25. The summed E-state index contributed by atoms with van der Waals surface area (Å²) in [4.78, 5) is 27.7. The highest BCUT2D eigenvalue weighted by molar-refractivity contribution is 6.37. The molecule has 0 spiro atoms. The first-order valence-corrected chi connectivity index (χ1v) is 10.8. The van der Waals surface area contributed by atoms with Crippen molar-refractivity contribution in [3.63, 3.8) is 0 Å². The fourth-order valence-electron chi connectivity index (χ4n) is 3.93. The van der Waals surface area contributed by atoms with Gasteiger partial charge in [0, 0.05) is 25.0 Å². The molecule has 0 bridgehead atoms. The molecule has 0 atom stereocenters. The van der Waals surface area contributed by atoms with E-state index in [1.165, 1.54) is 17.3 Å². The SMILES string of the molecule is CN1CCc2ccc(Nc3ncc4c(N)n(-c5c(Cl)cc(F)cc5Cl)c(=O)nc4n3)cc2C1. The Labute approximate surface area is 197 Å². The van der Waals surface area contributed by atoms with Crippen LogP contribution in [0.4, 0.5) is 21.8 Å². The zero-order valence-electron chi connectivity index (χ0n) is 17.4. The van der Waals surface area contributed by atoms with Crippen LogP contribution < -0.4 is 16.7 Å². The number of nitrogens with zero attached hydrogens (tertiary/aromatic N) is 5. The summed E-state index contributed by atoms with van der Waals surface area (Å²) in [5.41, 5.74) is 9.02. The van der Waals surface area contributed by atoms with E-state index in [-0.39, 0.29) is 33.1 Å². The van der Waals surface area contributed by atoms with Crippen molar-refractivity contribution in [1.82, 2.24) is 24.4 Å². The molecule has 2 aromatic carbocycles. The second-order valence-corrected chi connectivity index (χ2v) is 8.67. The maximum atomic E-state index is 13.6. The van der Waals surface area contributed by atoms with E-state index < -0.39 is 11.5 Å². The van der Waals surface area contributed by atoms with Gasteiger partial charge in [-0.1, -0.05) is 29.3 Å². The Morgan fingerprint density at radius 3 is 2.64 bits per heavy atom. The Kier molecular flexibility index (Phi) is 5.40. The largest absolute Gasteiger partial charge is 0.384 e. The molecule has 1 aliphatic rings. The van der Waals surface area contributed by atoms with Crippen molar-refractivity contribution in [2.75, 3.05) is 24.6 Å². The Hall–Kier alpha value is -3.27. The molecule has 0 fully saturated rings. The number of nitrogen functional groups attached to an aromatic ring is 1. The lowest BCUT2D eigenvalue weighted by Crippen LogP contribution is -2.26. The van der Waals surface area contributed by atoms with Gasteiger partial charge in [0.25, 0.3) is 0 Å². The van der Waals surface area contributed by atoms with Crippen molar-refractivity contribution >= 4 is 51.7 Å². The van der Waals surface area contributed by atoms with Gasteiger partial charge in [-0.2, -0.15) is 9.97 Å². The predicted molar refractivity (Wildman–Crippen MR) is 127 cm³/mol. The number of halogens is 3. The van der Waals surface area contributed by atoms with Crippen LogP contribution in [0.15, 0.2) is 41.3 Å². The zero-order chi connectivity index (χ0) is 23.3. The highest BCUT2D eigenvalue weighted by Gasteiger charge is 2.19. The molecule has 0 unspecified atom stereocenters. The number of hydrogen-bond acceptors (Lipinski definition) is 7. The maximum Gasteiger partial charge on any atom is 0.355 e. The van der Waals surface area contributed by atoms with Gasteiger partial charge in [0.15, 0.2) is 5.65 Å². The van der Waals surface area contributed by atoms with E-state index >= 15 is 0 Å². The molecule has 11 heteroatoms. The lowest BCUT2D eigenvalue weighted by molar-refractivity contribution is 0.313. The summed E-state index contributed by atoms with van der Waals surface area (Å²) in [6, 6.07) is 8.21. The third-order valence-corrected chi connectivity index (χ3v) is 6.13. The number of aromatic nitrogens is 4. The maximum absolute atomic E-state index is 13.6. The van der Waals surface area contributed by atoms with Gasteiger partial charge in [-0.3, -0.25) is 0 Å². The summed E-state index contributed by atoms with van der Waals surface area (Å²) in [6.45, 7) is 1.90. The third-order valence-electron chi connectivity index (χ3n) is 5.55. The van der Waals surface area contributed by atoms with Crippen LogP contribution in [0.3, 0.4) is 0 Å². The molecular weight excluding hydrogens is 468 g/mol. The normalized spacial score (nSPS) is 13.8. The van der Waals surface area contributed by atoms with Gasteiger partial charge in [0.2, 0.25) is 5.95 Å².